The molecule has 2 N–H and O–H groups in total. The van der Waals surface area contributed by atoms with Crippen LogP contribution in [0.5, 0.6) is 0 Å². The van der Waals surface area contributed by atoms with Crippen molar-refractivity contribution in [2.45, 2.75) is 38.6 Å². The van der Waals surface area contributed by atoms with E-state index < -0.39 is 0 Å². The summed E-state index contributed by atoms with van der Waals surface area (Å²) in [7, 11) is 1.89. The van der Waals surface area contributed by atoms with Gasteiger partial charge in [-0.05, 0) is 26.2 Å². The maximum Gasteiger partial charge on any atom is 0.135 e. The van der Waals surface area contributed by atoms with Gasteiger partial charge < -0.3 is 10.6 Å². The standard InChI is InChI=1S/C11H18N4/c1-4-8-9(12-3)13-7-14-10(8)15-11(2)5-6-11/h7H,4-6H2,1-3H3,(H2,12,13,14,15). The largest absolute Gasteiger partial charge is 0.373 e. The SMILES string of the molecule is CCc1c(NC)ncnc1NC1(C)CC1. The number of aromatic nitrogens is 2. The van der Waals surface area contributed by atoms with Crippen molar-refractivity contribution in [2.24, 2.45) is 0 Å². The van der Waals surface area contributed by atoms with E-state index >= 15 is 0 Å². The number of hydrogen-bond donors (Lipinski definition) is 2. The van der Waals surface area contributed by atoms with Crippen molar-refractivity contribution in [2.75, 3.05) is 17.7 Å². The monoisotopic (exact) mass is 206 g/mol. The van der Waals surface area contributed by atoms with Crippen LogP contribution in [0, 0.1) is 0 Å². The summed E-state index contributed by atoms with van der Waals surface area (Å²) in [4.78, 5) is 8.54. The Kier molecular flexibility index (Phi) is 2.50. The van der Waals surface area contributed by atoms with Crippen LogP contribution in [0.4, 0.5) is 11.6 Å². The first-order valence-electron chi connectivity index (χ1n) is 5.48. The normalized spacial score (nSPS) is 17.3. The molecule has 1 aliphatic carbocycles. The van der Waals surface area contributed by atoms with Gasteiger partial charge in [-0.15, -0.1) is 0 Å². The van der Waals surface area contributed by atoms with Gasteiger partial charge >= 0.3 is 0 Å². The smallest absolute Gasteiger partial charge is 0.135 e. The Morgan fingerprint density at radius 1 is 1.33 bits per heavy atom. The molecule has 0 atom stereocenters. The van der Waals surface area contributed by atoms with Crippen LogP contribution in [0.2, 0.25) is 0 Å². The lowest BCUT2D eigenvalue weighted by atomic mass is 10.2. The third-order valence-corrected chi connectivity index (χ3v) is 2.96. The lowest BCUT2D eigenvalue weighted by Gasteiger charge is -2.16. The lowest BCUT2D eigenvalue weighted by molar-refractivity contribution is 0.813. The Bertz CT molecular complexity index is 358. The highest BCUT2D eigenvalue weighted by Gasteiger charge is 2.38. The summed E-state index contributed by atoms with van der Waals surface area (Å²) >= 11 is 0. The van der Waals surface area contributed by atoms with Gasteiger partial charge in [-0.25, -0.2) is 9.97 Å². The van der Waals surface area contributed by atoms with E-state index in [9.17, 15) is 0 Å². The second-order valence-electron chi connectivity index (χ2n) is 4.34. The molecule has 0 aromatic carbocycles. The number of anilines is 2. The highest BCUT2D eigenvalue weighted by molar-refractivity contribution is 5.58. The fourth-order valence-corrected chi connectivity index (χ4v) is 1.67. The van der Waals surface area contributed by atoms with Crippen molar-refractivity contribution in [1.29, 1.82) is 0 Å². The second kappa shape index (κ2) is 3.68. The van der Waals surface area contributed by atoms with Crippen molar-refractivity contribution < 1.29 is 0 Å². The Balaban J connectivity index is 2.28. The Morgan fingerprint density at radius 2 is 2.00 bits per heavy atom. The Morgan fingerprint density at radius 3 is 2.53 bits per heavy atom. The van der Waals surface area contributed by atoms with Crippen molar-refractivity contribution in [3.63, 3.8) is 0 Å². The number of nitrogens with one attached hydrogen (secondary N) is 2. The Hall–Kier alpha value is -1.32. The molecule has 1 saturated carbocycles. The predicted octanol–water partition coefficient (Wildman–Crippen LogP) is 2.05. The molecule has 1 fully saturated rings. The van der Waals surface area contributed by atoms with Gasteiger partial charge in [0.1, 0.15) is 18.0 Å². The van der Waals surface area contributed by atoms with E-state index in [-0.39, 0.29) is 5.54 Å². The van der Waals surface area contributed by atoms with Gasteiger partial charge in [-0.3, -0.25) is 0 Å². The van der Waals surface area contributed by atoms with Gasteiger partial charge in [-0.2, -0.15) is 0 Å². The van der Waals surface area contributed by atoms with Gasteiger partial charge in [0.05, 0.1) is 0 Å². The van der Waals surface area contributed by atoms with Crippen molar-refractivity contribution >= 4 is 11.6 Å². The maximum atomic E-state index is 4.32. The molecule has 2 rings (SSSR count). The first-order valence-corrected chi connectivity index (χ1v) is 5.48. The third-order valence-electron chi connectivity index (χ3n) is 2.96. The summed E-state index contributed by atoms with van der Waals surface area (Å²) in [6.07, 6.45) is 5.01. The first kappa shape index (κ1) is 10.2. The van der Waals surface area contributed by atoms with E-state index in [1.54, 1.807) is 6.33 Å². The second-order valence-corrected chi connectivity index (χ2v) is 4.34. The lowest BCUT2D eigenvalue weighted by Crippen LogP contribution is -2.19. The fraction of sp³-hybridized carbons (Fsp3) is 0.636. The first-order chi connectivity index (χ1) is 7.18. The summed E-state index contributed by atoms with van der Waals surface area (Å²) < 4.78 is 0. The minimum Gasteiger partial charge on any atom is -0.373 e. The van der Waals surface area contributed by atoms with Crippen LogP contribution < -0.4 is 10.6 Å². The van der Waals surface area contributed by atoms with Crippen LogP contribution in [0.1, 0.15) is 32.3 Å². The molecule has 1 aromatic heterocycles. The molecule has 0 unspecified atom stereocenters. The molecular formula is C11H18N4. The van der Waals surface area contributed by atoms with Crippen LogP contribution in [0.15, 0.2) is 6.33 Å². The van der Waals surface area contributed by atoms with E-state index in [0.29, 0.717) is 0 Å². The van der Waals surface area contributed by atoms with E-state index in [2.05, 4.69) is 34.4 Å². The zero-order valence-electron chi connectivity index (χ0n) is 9.59. The van der Waals surface area contributed by atoms with Gasteiger partial charge in [0, 0.05) is 18.2 Å². The number of rotatable bonds is 4. The molecule has 4 nitrogen and oxygen atoms in total. The predicted molar refractivity (Wildman–Crippen MR) is 62.2 cm³/mol. The van der Waals surface area contributed by atoms with E-state index in [1.807, 2.05) is 7.05 Å². The minimum atomic E-state index is 0.267. The third kappa shape index (κ3) is 2.03. The number of nitrogens with zero attached hydrogens (tertiary/aromatic N) is 2. The summed E-state index contributed by atoms with van der Waals surface area (Å²) in [5, 5.41) is 6.60. The molecule has 0 bridgehead atoms. The molecule has 15 heavy (non-hydrogen) atoms. The molecular weight excluding hydrogens is 188 g/mol. The topological polar surface area (TPSA) is 49.8 Å². The zero-order chi connectivity index (χ0) is 10.9. The quantitative estimate of drug-likeness (QED) is 0.791. The average Bonchev–Trinajstić information content (AvgIpc) is 2.95. The van der Waals surface area contributed by atoms with Gasteiger partial charge in [0.15, 0.2) is 0 Å². The highest BCUT2D eigenvalue weighted by Crippen LogP contribution is 2.38. The molecule has 0 spiro atoms. The molecule has 0 aliphatic heterocycles. The van der Waals surface area contributed by atoms with Crippen LogP contribution >= 0.6 is 0 Å². The summed E-state index contributed by atoms with van der Waals surface area (Å²) in [6.45, 7) is 4.35. The molecule has 1 heterocycles. The van der Waals surface area contributed by atoms with Crippen molar-refractivity contribution in [3.8, 4) is 0 Å². The van der Waals surface area contributed by atoms with Gasteiger partial charge in [-0.1, -0.05) is 6.92 Å². The summed E-state index contributed by atoms with van der Waals surface area (Å²) in [6, 6.07) is 0. The van der Waals surface area contributed by atoms with Crippen LogP contribution in [-0.2, 0) is 6.42 Å². The average molecular weight is 206 g/mol. The van der Waals surface area contributed by atoms with Crippen LogP contribution in [0.3, 0.4) is 0 Å². The molecule has 82 valence electrons. The Labute approximate surface area is 90.5 Å². The van der Waals surface area contributed by atoms with Crippen LogP contribution in [-0.4, -0.2) is 22.6 Å². The van der Waals surface area contributed by atoms with E-state index in [1.165, 1.54) is 18.4 Å². The number of hydrogen-bond acceptors (Lipinski definition) is 4. The molecule has 0 amide bonds. The minimum absolute atomic E-state index is 0.267. The molecule has 1 aromatic rings. The van der Waals surface area contributed by atoms with Crippen molar-refractivity contribution in [1.82, 2.24) is 9.97 Å². The molecule has 1 aliphatic rings. The zero-order valence-corrected chi connectivity index (χ0v) is 9.59. The van der Waals surface area contributed by atoms with Crippen LogP contribution in [0.25, 0.3) is 0 Å². The fourth-order valence-electron chi connectivity index (χ4n) is 1.67. The van der Waals surface area contributed by atoms with Crippen molar-refractivity contribution in [3.05, 3.63) is 11.9 Å². The molecule has 0 radical (unpaired) electrons. The highest BCUT2D eigenvalue weighted by atomic mass is 15.1. The maximum absolute atomic E-state index is 4.32. The summed E-state index contributed by atoms with van der Waals surface area (Å²) in [5.74, 6) is 1.91. The van der Waals surface area contributed by atoms with Gasteiger partial charge in [0.2, 0.25) is 0 Å². The van der Waals surface area contributed by atoms with E-state index in [4.69, 9.17) is 0 Å². The van der Waals surface area contributed by atoms with Gasteiger partial charge in [0.25, 0.3) is 0 Å². The van der Waals surface area contributed by atoms with E-state index in [0.717, 1.165) is 18.1 Å². The summed E-state index contributed by atoms with van der Waals surface area (Å²) in [5.41, 5.74) is 1.44. The molecule has 0 saturated heterocycles. The molecule has 4 heteroatoms.